The van der Waals surface area contributed by atoms with E-state index in [-0.39, 0.29) is 17.8 Å². The van der Waals surface area contributed by atoms with Gasteiger partial charge in [0.2, 0.25) is 0 Å². The number of Topliss-reactive ketones (excluding diaryl/α,β-unsaturated/α-hetero) is 1. The summed E-state index contributed by atoms with van der Waals surface area (Å²) in [5, 5.41) is 0. The molecular formula is C19H18F2N2O2. The molecule has 6 heteroatoms. The van der Waals surface area contributed by atoms with Crippen LogP contribution in [0.25, 0.3) is 5.65 Å². The van der Waals surface area contributed by atoms with Crippen LogP contribution in [0.15, 0.2) is 36.7 Å². The molecule has 0 unspecified atom stereocenters. The standard InChI is InChI=1S/C19H18F2N2O2/c1-3-14-11-23-10-13(18(25-4-2)9-19(23)22-14)8-17(24)12-5-6-15(20)16(21)7-12/h5-7,9-11H,3-4,8H2,1-2H3. The van der Waals surface area contributed by atoms with Crippen molar-refractivity contribution in [2.24, 2.45) is 0 Å². The van der Waals surface area contributed by atoms with Crippen molar-refractivity contribution in [3.63, 3.8) is 0 Å². The van der Waals surface area contributed by atoms with Gasteiger partial charge in [0.15, 0.2) is 17.4 Å². The summed E-state index contributed by atoms with van der Waals surface area (Å²) in [4.78, 5) is 16.9. The van der Waals surface area contributed by atoms with Crippen molar-refractivity contribution < 1.29 is 18.3 Å². The summed E-state index contributed by atoms with van der Waals surface area (Å²) in [6.45, 7) is 4.32. The Morgan fingerprint density at radius 1 is 1.16 bits per heavy atom. The highest BCUT2D eigenvalue weighted by Gasteiger charge is 2.15. The van der Waals surface area contributed by atoms with E-state index in [2.05, 4.69) is 4.98 Å². The summed E-state index contributed by atoms with van der Waals surface area (Å²) in [6, 6.07) is 4.95. The van der Waals surface area contributed by atoms with E-state index in [9.17, 15) is 13.6 Å². The lowest BCUT2D eigenvalue weighted by Gasteiger charge is -2.11. The number of hydrogen-bond donors (Lipinski definition) is 0. The normalized spacial score (nSPS) is 11.0. The lowest BCUT2D eigenvalue weighted by Crippen LogP contribution is -2.08. The number of carbonyl (C=O) groups excluding carboxylic acids is 1. The maximum Gasteiger partial charge on any atom is 0.167 e. The minimum atomic E-state index is -1.03. The first-order chi connectivity index (χ1) is 12.0. The maximum atomic E-state index is 13.4. The molecule has 0 spiro atoms. The van der Waals surface area contributed by atoms with Crippen LogP contribution in [0.5, 0.6) is 5.75 Å². The lowest BCUT2D eigenvalue weighted by molar-refractivity contribution is 0.0991. The largest absolute Gasteiger partial charge is 0.493 e. The molecule has 2 heterocycles. The van der Waals surface area contributed by atoms with Gasteiger partial charge in [-0.25, -0.2) is 13.8 Å². The van der Waals surface area contributed by atoms with E-state index < -0.39 is 11.6 Å². The first-order valence-corrected chi connectivity index (χ1v) is 8.13. The molecule has 0 saturated carbocycles. The number of nitrogens with zero attached hydrogens (tertiary/aromatic N) is 2. The van der Waals surface area contributed by atoms with Crippen LogP contribution < -0.4 is 4.74 Å². The summed E-state index contributed by atoms with van der Waals surface area (Å²) < 4.78 is 33.9. The summed E-state index contributed by atoms with van der Waals surface area (Å²) in [7, 11) is 0. The molecule has 0 aliphatic rings. The van der Waals surface area contributed by atoms with E-state index in [1.165, 1.54) is 6.07 Å². The average molecular weight is 344 g/mol. The molecule has 0 fully saturated rings. The average Bonchev–Trinajstić information content (AvgIpc) is 2.99. The van der Waals surface area contributed by atoms with E-state index in [0.29, 0.717) is 17.9 Å². The molecular weight excluding hydrogens is 326 g/mol. The Hall–Kier alpha value is -2.76. The lowest BCUT2D eigenvalue weighted by atomic mass is 10.0. The van der Waals surface area contributed by atoms with Crippen LogP contribution in [0.3, 0.4) is 0 Å². The number of aromatic nitrogens is 2. The van der Waals surface area contributed by atoms with Crippen molar-refractivity contribution in [3.8, 4) is 5.75 Å². The molecule has 3 aromatic rings. The Bertz CT molecular complexity index is 935. The molecule has 0 radical (unpaired) electrons. The zero-order chi connectivity index (χ0) is 18.0. The SMILES string of the molecule is CCOc1cc2nc(CC)cn2cc1CC(=O)c1ccc(F)c(F)c1. The van der Waals surface area contributed by atoms with Gasteiger partial charge >= 0.3 is 0 Å². The number of aryl methyl sites for hydroxylation is 1. The minimum Gasteiger partial charge on any atom is -0.493 e. The molecule has 0 amide bonds. The quantitative estimate of drug-likeness (QED) is 0.635. The predicted octanol–water partition coefficient (Wildman–Crippen LogP) is 4.00. The number of pyridine rings is 1. The Balaban J connectivity index is 1.96. The van der Waals surface area contributed by atoms with Gasteiger partial charge in [-0.05, 0) is 31.5 Å². The second-order valence-corrected chi connectivity index (χ2v) is 5.68. The first-order valence-electron chi connectivity index (χ1n) is 8.13. The van der Waals surface area contributed by atoms with E-state index in [0.717, 1.165) is 29.9 Å². The fourth-order valence-corrected chi connectivity index (χ4v) is 2.65. The van der Waals surface area contributed by atoms with E-state index in [4.69, 9.17) is 4.74 Å². The van der Waals surface area contributed by atoms with Gasteiger partial charge in [-0.2, -0.15) is 0 Å². The van der Waals surface area contributed by atoms with Crippen LogP contribution >= 0.6 is 0 Å². The second-order valence-electron chi connectivity index (χ2n) is 5.68. The summed E-state index contributed by atoms with van der Waals surface area (Å²) in [5.41, 5.74) is 2.47. The van der Waals surface area contributed by atoms with Gasteiger partial charge in [-0.1, -0.05) is 6.92 Å². The monoisotopic (exact) mass is 344 g/mol. The molecule has 0 N–H and O–H groups in total. The first kappa shape index (κ1) is 17.1. The molecule has 1 aromatic carbocycles. The molecule has 25 heavy (non-hydrogen) atoms. The zero-order valence-corrected chi connectivity index (χ0v) is 14.1. The van der Waals surface area contributed by atoms with Crippen molar-refractivity contribution in [3.05, 3.63) is 65.1 Å². The highest BCUT2D eigenvalue weighted by atomic mass is 19.2. The number of ether oxygens (including phenoxy) is 1. The van der Waals surface area contributed by atoms with Gasteiger partial charge in [0, 0.05) is 36.0 Å². The van der Waals surface area contributed by atoms with Gasteiger partial charge in [0.25, 0.3) is 0 Å². The van der Waals surface area contributed by atoms with Crippen LogP contribution in [-0.4, -0.2) is 21.8 Å². The third-order valence-electron chi connectivity index (χ3n) is 3.94. The highest BCUT2D eigenvalue weighted by Crippen LogP contribution is 2.24. The van der Waals surface area contributed by atoms with E-state index in [1.54, 1.807) is 12.3 Å². The van der Waals surface area contributed by atoms with E-state index in [1.807, 2.05) is 24.4 Å². The fraction of sp³-hybridized carbons (Fsp3) is 0.263. The van der Waals surface area contributed by atoms with Gasteiger partial charge in [0.05, 0.1) is 12.3 Å². The highest BCUT2D eigenvalue weighted by molar-refractivity contribution is 5.97. The third-order valence-corrected chi connectivity index (χ3v) is 3.94. The number of ketones is 1. The molecule has 0 atom stereocenters. The number of halogens is 2. The Kier molecular flexibility index (Phi) is 4.79. The zero-order valence-electron chi connectivity index (χ0n) is 14.1. The van der Waals surface area contributed by atoms with Gasteiger partial charge in [-0.3, -0.25) is 4.79 Å². The third kappa shape index (κ3) is 3.52. The predicted molar refractivity (Wildman–Crippen MR) is 90.1 cm³/mol. The van der Waals surface area contributed by atoms with Crippen LogP contribution in [0.4, 0.5) is 8.78 Å². The molecule has 0 aliphatic carbocycles. The van der Waals surface area contributed by atoms with Crippen LogP contribution in [0.1, 0.15) is 35.5 Å². The fourth-order valence-electron chi connectivity index (χ4n) is 2.65. The second kappa shape index (κ2) is 7.01. The smallest absolute Gasteiger partial charge is 0.167 e. The molecule has 2 aromatic heterocycles. The molecule has 130 valence electrons. The Morgan fingerprint density at radius 3 is 2.64 bits per heavy atom. The Labute approximate surface area is 144 Å². The number of rotatable bonds is 6. The summed E-state index contributed by atoms with van der Waals surface area (Å²) >= 11 is 0. The number of carbonyl (C=O) groups is 1. The Morgan fingerprint density at radius 2 is 1.96 bits per heavy atom. The van der Waals surface area contributed by atoms with Gasteiger partial charge in [-0.15, -0.1) is 0 Å². The summed E-state index contributed by atoms with van der Waals surface area (Å²) in [5.74, 6) is -1.75. The van der Waals surface area contributed by atoms with Crippen LogP contribution in [0.2, 0.25) is 0 Å². The topological polar surface area (TPSA) is 43.6 Å². The minimum absolute atomic E-state index is 0.0238. The van der Waals surface area contributed by atoms with Crippen LogP contribution in [0, 0.1) is 11.6 Å². The molecule has 3 rings (SSSR count). The van der Waals surface area contributed by atoms with Crippen molar-refractivity contribution in [2.45, 2.75) is 26.7 Å². The van der Waals surface area contributed by atoms with Crippen molar-refractivity contribution in [1.29, 1.82) is 0 Å². The van der Waals surface area contributed by atoms with E-state index >= 15 is 0 Å². The van der Waals surface area contributed by atoms with Gasteiger partial charge < -0.3 is 9.14 Å². The summed E-state index contributed by atoms with van der Waals surface area (Å²) in [6.07, 6.45) is 4.52. The van der Waals surface area contributed by atoms with Crippen molar-refractivity contribution in [1.82, 2.24) is 9.38 Å². The van der Waals surface area contributed by atoms with Gasteiger partial charge in [0.1, 0.15) is 11.4 Å². The molecule has 0 saturated heterocycles. The molecule has 0 bridgehead atoms. The number of imidazole rings is 1. The molecule has 4 nitrogen and oxygen atoms in total. The number of benzene rings is 1. The van der Waals surface area contributed by atoms with Crippen molar-refractivity contribution >= 4 is 11.4 Å². The number of hydrogen-bond acceptors (Lipinski definition) is 3. The molecule has 0 aliphatic heterocycles. The maximum absolute atomic E-state index is 13.4. The van der Waals surface area contributed by atoms with Crippen molar-refractivity contribution in [2.75, 3.05) is 6.61 Å². The van der Waals surface area contributed by atoms with Crippen LogP contribution in [-0.2, 0) is 12.8 Å². The number of fused-ring (bicyclic) bond motifs is 1.